The van der Waals surface area contributed by atoms with Crippen LogP contribution in [0.5, 0.6) is 0 Å². The number of hydrogen-bond acceptors (Lipinski definition) is 3. The minimum Gasteiger partial charge on any atom is -0.289 e. The lowest BCUT2D eigenvalue weighted by Crippen LogP contribution is -2.15. The van der Waals surface area contributed by atoms with E-state index in [2.05, 4.69) is 4.72 Å². The molecule has 0 bridgehead atoms. The number of Topliss-reactive ketones (excluding diaryl/α,β-unsaturated/α-hetero) is 1. The predicted octanol–water partition coefficient (Wildman–Crippen LogP) is 3.56. The minimum absolute atomic E-state index is 0.155. The Morgan fingerprint density at radius 2 is 1.65 bits per heavy atom. The Labute approximate surface area is 135 Å². The topological polar surface area (TPSA) is 63.2 Å². The maximum atomic E-state index is 12.5. The van der Waals surface area contributed by atoms with Gasteiger partial charge in [-0.25, -0.2) is 8.42 Å². The molecule has 0 radical (unpaired) electrons. The summed E-state index contributed by atoms with van der Waals surface area (Å²) in [6.45, 7) is 0. The highest BCUT2D eigenvalue weighted by atomic mass is 32.2. The summed E-state index contributed by atoms with van der Waals surface area (Å²) < 4.78 is 27.4. The Bertz CT molecular complexity index is 897. The van der Waals surface area contributed by atoms with E-state index in [1.54, 1.807) is 48.5 Å². The monoisotopic (exact) mass is 325 g/mol. The number of carbonyl (C=O) groups is 1. The van der Waals surface area contributed by atoms with Crippen molar-refractivity contribution < 1.29 is 13.2 Å². The van der Waals surface area contributed by atoms with Gasteiger partial charge in [0.05, 0.1) is 10.6 Å². The van der Waals surface area contributed by atoms with Crippen LogP contribution in [-0.4, -0.2) is 14.2 Å². The highest BCUT2D eigenvalue weighted by Gasteiger charge is 2.20. The molecule has 0 unspecified atom stereocenters. The van der Waals surface area contributed by atoms with E-state index in [4.69, 9.17) is 0 Å². The van der Waals surface area contributed by atoms with Gasteiger partial charge in [-0.05, 0) is 30.7 Å². The first-order valence-electron chi connectivity index (χ1n) is 7.16. The molecule has 0 amide bonds. The van der Waals surface area contributed by atoms with Gasteiger partial charge in [-0.1, -0.05) is 48.6 Å². The Hall–Kier alpha value is -2.66. The fraction of sp³-hybridized carbons (Fsp3) is 0.0556. The van der Waals surface area contributed by atoms with E-state index >= 15 is 0 Å². The molecule has 23 heavy (non-hydrogen) atoms. The van der Waals surface area contributed by atoms with Crippen LogP contribution in [0.1, 0.15) is 16.8 Å². The summed E-state index contributed by atoms with van der Waals surface area (Å²) in [6.07, 6.45) is 6.19. The van der Waals surface area contributed by atoms with Gasteiger partial charge in [0.1, 0.15) is 0 Å². The van der Waals surface area contributed by atoms with Crippen molar-refractivity contribution in [2.24, 2.45) is 0 Å². The summed E-state index contributed by atoms with van der Waals surface area (Å²) >= 11 is 0. The zero-order valence-electron chi connectivity index (χ0n) is 12.3. The quantitative estimate of drug-likeness (QED) is 0.855. The average Bonchev–Trinajstić information content (AvgIpc) is 3.10. The zero-order chi connectivity index (χ0) is 16.3. The van der Waals surface area contributed by atoms with E-state index in [1.807, 2.05) is 12.2 Å². The van der Waals surface area contributed by atoms with E-state index in [0.29, 0.717) is 11.1 Å². The minimum atomic E-state index is -3.73. The number of benzene rings is 2. The van der Waals surface area contributed by atoms with E-state index < -0.39 is 10.0 Å². The van der Waals surface area contributed by atoms with Crippen LogP contribution in [0.3, 0.4) is 0 Å². The standard InChI is InChI=1S/C18H15NO3S/c20-18(14-8-4-5-9-14)16-12-6-7-13-17(16)19-23(21,22)15-10-2-1-3-11-15/h1-4,6-13,19H,5H2. The summed E-state index contributed by atoms with van der Waals surface area (Å²) in [5.74, 6) is -0.190. The van der Waals surface area contributed by atoms with E-state index in [9.17, 15) is 13.2 Å². The maximum absolute atomic E-state index is 12.5. The summed E-state index contributed by atoms with van der Waals surface area (Å²) in [4.78, 5) is 12.7. The molecule has 0 saturated heterocycles. The van der Waals surface area contributed by atoms with Gasteiger partial charge in [0.15, 0.2) is 5.78 Å². The molecule has 0 atom stereocenters. The molecule has 1 aliphatic rings. The Kier molecular flexibility index (Phi) is 4.12. The predicted molar refractivity (Wildman–Crippen MR) is 89.9 cm³/mol. The van der Waals surface area contributed by atoms with Gasteiger partial charge in [0, 0.05) is 11.1 Å². The number of carbonyl (C=O) groups excluding carboxylic acids is 1. The number of anilines is 1. The van der Waals surface area contributed by atoms with Crippen LogP contribution in [0.2, 0.25) is 0 Å². The number of hydrogen-bond donors (Lipinski definition) is 1. The number of sulfonamides is 1. The molecule has 0 aliphatic heterocycles. The molecule has 2 aromatic rings. The molecular weight excluding hydrogens is 310 g/mol. The summed E-state index contributed by atoms with van der Waals surface area (Å²) in [6, 6.07) is 14.7. The molecule has 1 N–H and O–H groups in total. The molecule has 1 aliphatic carbocycles. The third kappa shape index (κ3) is 3.24. The van der Waals surface area contributed by atoms with Gasteiger partial charge in [-0.2, -0.15) is 0 Å². The average molecular weight is 325 g/mol. The van der Waals surface area contributed by atoms with Crippen LogP contribution in [-0.2, 0) is 10.0 Å². The summed E-state index contributed by atoms with van der Waals surface area (Å²) in [5, 5.41) is 0. The molecule has 0 spiro atoms. The maximum Gasteiger partial charge on any atom is 0.261 e. The first kappa shape index (κ1) is 15.2. The molecular formula is C18H15NO3S. The van der Waals surface area contributed by atoms with Gasteiger partial charge in [-0.15, -0.1) is 0 Å². The van der Waals surface area contributed by atoms with E-state index in [0.717, 1.165) is 6.42 Å². The first-order chi connectivity index (χ1) is 11.1. The van der Waals surface area contributed by atoms with Crippen molar-refractivity contribution in [3.05, 3.63) is 84.0 Å². The zero-order valence-corrected chi connectivity index (χ0v) is 13.1. The third-order valence-corrected chi connectivity index (χ3v) is 4.88. The highest BCUT2D eigenvalue weighted by molar-refractivity contribution is 7.92. The third-order valence-electron chi connectivity index (χ3n) is 3.50. The highest BCUT2D eigenvalue weighted by Crippen LogP contribution is 2.24. The smallest absolute Gasteiger partial charge is 0.261 e. The lowest BCUT2D eigenvalue weighted by molar-refractivity contribution is 0.103. The van der Waals surface area contributed by atoms with Crippen LogP contribution in [0.4, 0.5) is 5.69 Å². The van der Waals surface area contributed by atoms with Crippen LogP contribution in [0, 0.1) is 0 Å². The Morgan fingerprint density at radius 3 is 2.35 bits per heavy atom. The normalized spacial score (nSPS) is 13.7. The van der Waals surface area contributed by atoms with Gasteiger partial charge in [-0.3, -0.25) is 9.52 Å². The van der Waals surface area contributed by atoms with E-state index in [1.165, 1.54) is 12.1 Å². The fourth-order valence-corrected chi connectivity index (χ4v) is 3.46. The molecule has 0 fully saturated rings. The van der Waals surface area contributed by atoms with Crippen molar-refractivity contribution >= 4 is 21.5 Å². The van der Waals surface area contributed by atoms with Gasteiger partial charge in [0.2, 0.25) is 0 Å². The van der Waals surface area contributed by atoms with Crippen LogP contribution in [0.15, 0.2) is 83.3 Å². The molecule has 3 rings (SSSR count). The number of ketones is 1. The second-order valence-corrected chi connectivity index (χ2v) is 6.77. The summed E-state index contributed by atoms with van der Waals surface area (Å²) in [7, 11) is -3.73. The van der Waals surface area contributed by atoms with Crippen molar-refractivity contribution in [3.8, 4) is 0 Å². The van der Waals surface area contributed by atoms with Crippen LogP contribution < -0.4 is 4.72 Å². The lowest BCUT2D eigenvalue weighted by Gasteiger charge is -2.12. The summed E-state index contributed by atoms with van der Waals surface area (Å²) in [5.41, 5.74) is 1.20. The lowest BCUT2D eigenvalue weighted by atomic mass is 10.0. The van der Waals surface area contributed by atoms with Crippen molar-refractivity contribution in [2.45, 2.75) is 11.3 Å². The molecule has 0 saturated carbocycles. The SMILES string of the molecule is O=C(C1=CCC=C1)c1ccccc1NS(=O)(=O)c1ccccc1. The molecule has 5 heteroatoms. The van der Waals surface area contributed by atoms with Crippen molar-refractivity contribution in [1.82, 2.24) is 0 Å². The first-order valence-corrected chi connectivity index (χ1v) is 8.64. The number of allylic oxidation sites excluding steroid dienone is 4. The van der Waals surface area contributed by atoms with Crippen molar-refractivity contribution in [1.29, 1.82) is 0 Å². The Balaban J connectivity index is 1.95. The van der Waals surface area contributed by atoms with Crippen molar-refractivity contribution in [3.63, 3.8) is 0 Å². The molecule has 4 nitrogen and oxygen atoms in total. The second kappa shape index (κ2) is 6.22. The molecule has 116 valence electrons. The number of rotatable bonds is 5. The Morgan fingerprint density at radius 1 is 0.957 bits per heavy atom. The van der Waals surface area contributed by atoms with Gasteiger partial charge in [0.25, 0.3) is 10.0 Å². The van der Waals surface area contributed by atoms with Gasteiger partial charge >= 0.3 is 0 Å². The molecule has 2 aromatic carbocycles. The van der Waals surface area contributed by atoms with Gasteiger partial charge < -0.3 is 0 Å². The van der Waals surface area contributed by atoms with Crippen LogP contribution in [0.25, 0.3) is 0 Å². The van der Waals surface area contributed by atoms with Crippen LogP contribution >= 0.6 is 0 Å². The van der Waals surface area contributed by atoms with E-state index in [-0.39, 0.29) is 16.4 Å². The fourth-order valence-electron chi connectivity index (χ4n) is 2.36. The second-order valence-electron chi connectivity index (χ2n) is 5.09. The molecule has 0 aromatic heterocycles. The number of nitrogens with one attached hydrogen (secondary N) is 1. The van der Waals surface area contributed by atoms with Crippen molar-refractivity contribution in [2.75, 3.05) is 4.72 Å². The molecule has 0 heterocycles. The number of para-hydroxylation sites is 1. The largest absolute Gasteiger partial charge is 0.289 e.